The van der Waals surface area contributed by atoms with Gasteiger partial charge in [-0.25, -0.2) is 0 Å². The Bertz CT molecular complexity index is 174. The van der Waals surface area contributed by atoms with Gasteiger partial charge in [0.25, 0.3) is 0 Å². The lowest BCUT2D eigenvalue weighted by molar-refractivity contribution is -0.138. The molecule has 0 unspecified atom stereocenters. The highest BCUT2D eigenvalue weighted by Crippen LogP contribution is 1.97. The van der Waals surface area contributed by atoms with Crippen LogP contribution in [0.1, 0.15) is 6.92 Å². The van der Waals surface area contributed by atoms with E-state index >= 15 is 0 Å². The van der Waals surface area contributed by atoms with Gasteiger partial charge in [-0.3, -0.25) is 9.59 Å². The molecular formula is C6H12N2O3S. The van der Waals surface area contributed by atoms with Crippen LogP contribution in [-0.4, -0.2) is 35.8 Å². The lowest BCUT2D eigenvalue weighted by Crippen LogP contribution is -2.37. The number of carbonyl (C=O) groups is 2. The lowest BCUT2D eigenvalue weighted by atomic mass is 10.3. The third-order valence-corrected chi connectivity index (χ3v) is 2.04. The Morgan fingerprint density at radius 1 is 1.58 bits per heavy atom. The molecule has 0 aliphatic rings. The van der Waals surface area contributed by atoms with E-state index in [4.69, 9.17) is 5.11 Å². The summed E-state index contributed by atoms with van der Waals surface area (Å²) in [5.74, 6) is -0.790. The molecule has 1 atom stereocenters. The van der Waals surface area contributed by atoms with Crippen molar-refractivity contribution in [1.82, 2.24) is 10.0 Å². The van der Waals surface area contributed by atoms with Gasteiger partial charge in [-0.15, -0.1) is 0 Å². The van der Waals surface area contributed by atoms with Crippen LogP contribution in [0.25, 0.3) is 0 Å². The molecule has 0 spiro atoms. The highest BCUT2D eigenvalue weighted by atomic mass is 32.2. The molecule has 0 aliphatic carbocycles. The first-order valence-corrected chi connectivity index (χ1v) is 4.35. The second-order valence-corrected chi connectivity index (χ2v) is 2.97. The molecule has 1 amide bonds. The summed E-state index contributed by atoms with van der Waals surface area (Å²) in [7, 11) is 1.56. The molecule has 0 aromatic heterocycles. The first-order chi connectivity index (χ1) is 5.57. The molecule has 0 aliphatic heterocycles. The van der Waals surface area contributed by atoms with Crippen LogP contribution in [0.2, 0.25) is 0 Å². The molecule has 12 heavy (non-hydrogen) atoms. The number of hydrogen-bond acceptors (Lipinski definition) is 4. The summed E-state index contributed by atoms with van der Waals surface area (Å²) < 4.78 is 2.44. The molecule has 3 N–H and O–H groups in total. The van der Waals surface area contributed by atoms with Crippen LogP contribution in [0.5, 0.6) is 0 Å². The quantitative estimate of drug-likeness (QED) is 0.509. The van der Waals surface area contributed by atoms with Crippen molar-refractivity contribution >= 4 is 23.8 Å². The van der Waals surface area contributed by atoms with Crippen molar-refractivity contribution in [2.24, 2.45) is 0 Å². The molecule has 0 saturated carbocycles. The second-order valence-electron chi connectivity index (χ2n) is 2.15. The Balaban J connectivity index is 3.59. The highest BCUT2D eigenvalue weighted by molar-refractivity contribution is 7.98. The fourth-order valence-electron chi connectivity index (χ4n) is 0.505. The first kappa shape index (κ1) is 11.2. The van der Waals surface area contributed by atoms with Gasteiger partial charge in [-0.05, 0) is 19.0 Å². The van der Waals surface area contributed by atoms with Crippen LogP contribution < -0.4 is 10.0 Å². The number of likely N-dealkylation sites (N-methyl/N-ethyl adjacent to an activating group) is 1. The summed E-state index contributed by atoms with van der Waals surface area (Å²) >= 11 is 1.08. The Hall–Kier alpha value is -0.750. The maximum atomic E-state index is 10.4. The van der Waals surface area contributed by atoms with Crippen molar-refractivity contribution in [3.05, 3.63) is 0 Å². The van der Waals surface area contributed by atoms with Crippen molar-refractivity contribution in [2.75, 3.05) is 12.8 Å². The normalized spacial score (nSPS) is 12.2. The average Bonchev–Trinajstić information content (AvgIpc) is 1.96. The molecule has 0 saturated heterocycles. The molecule has 0 radical (unpaired) electrons. The van der Waals surface area contributed by atoms with E-state index in [9.17, 15) is 9.59 Å². The van der Waals surface area contributed by atoms with Crippen molar-refractivity contribution in [3.8, 4) is 0 Å². The van der Waals surface area contributed by atoms with E-state index in [-0.39, 0.29) is 5.91 Å². The topological polar surface area (TPSA) is 78.4 Å². The summed E-state index contributed by atoms with van der Waals surface area (Å²) in [5, 5.41) is 11.2. The standard InChI is InChI=1S/C6H12N2O3S/c1-4(9)8-12-3-5(7-2)6(10)11/h5,7H,3H2,1-2H3,(H,8,9)(H,10,11)/t5-/m0/s1. The van der Waals surface area contributed by atoms with Crippen LogP contribution in [-0.2, 0) is 9.59 Å². The summed E-state index contributed by atoms with van der Waals surface area (Å²) in [6, 6.07) is -0.623. The van der Waals surface area contributed by atoms with Gasteiger partial charge in [-0.1, -0.05) is 0 Å². The number of carboxylic acids is 1. The minimum atomic E-state index is -0.921. The maximum Gasteiger partial charge on any atom is 0.321 e. The highest BCUT2D eigenvalue weighted by Gasteiger charge is 2.14. The van der Waals surface area contributed by atoms with E-state index in [2.05, 4.69) is 10.0 Å². The van der Waals surface area contributed by atoms with Gasteiger partial charge in [0, 0.05) is 12.7 Å². The second kappa shape index (κ2) is 5.84. The van der Waals surface area contributed by atoms with Gasteiger partial charge in [-0.2, -0.15) is 0 Å². The fraction of sp³-hybridized carbons (Fsp3) is 0.667. The zero-order valence-corrected chi connectivity index (χ0v) is 7.77. The third-order valence-electron chi connectivity index (χ3n) is 1.11. The predicted molar refractivity (Wildman–Crippen MR) is 46.8 cm³/mol. The van der Waals surface area contributed by atoms with Gasteiger partial charge in [0.2, 0.25) is 5.91 Å². The van der Waals surface area contributed by atoms with E-state index in [0.29, 0.717) is 5.75 Å². The molecule has 6 heteroatoms. The number of rotatable bonds is 5. The van der Waals surface area contributed by atoms with Crippen LogP contribution in [0, 0.1) is 0 Å². The maximum absolute atomic E-state index is 10.4. The van der Waals surface area contributed by atoms with Gasteiger partial charge < -0.3 is 15.1 Å². The number of carboxylic acid groups (broad SMARTS) is 1. The van der Waals surface area contributed by atoms with Gasteiger partial charge >= 0.3 is 5.97 Å². The van der Waals surface area contributed by atoms with E-state index in [1.165, 1.54) is 6.92 Å². The van der Waals surface area contributed by atoms with E-state index < -0.39 is 12.0 Å². The molecule has 70 valence electrons. The zero-order chi connectivity index (χ0) is 9.56. The SMILES string of the molecule is CN[C@@H](CSNC(C)=O)C(=O)O. The minimum Gasteiger partial charge on any atom is -0.480 e. The summed E-state index contributed by atoms with van der Waals surface area (Å²) in [4.78, 5) is 20.8. The average molecular weight is 192 g/mol. The van der Waals surface area contributed by atoms with Crippen LogP contribution in [0.15, 0.2) is 0 Å². The molecule has 0 rings (SSSR count). The van der Waals surface area contributed by atoms with Gasteiger partial charge in [0.05, 0.1) is 0 Å². The predicted octanol–water partition coefficient (Wildman–Crippen LogP) is -0.557. The summed E-state index contributed by atoms with van der Waals surface area (Å²) in [6.07, 6.45) is 0. The number of hydrogen-bond donors (Lipinski definition) is 3. The number of carbonyl (C=O) groups excluding carboxylic acids is 1. The first-order valence-electron chi connectivity index (χ1n) is 3.36. The summed E-state index contributed by atoms with van der Waals surface area (Å²) in [5.41, 5.74) is 0. The third kappa shape index (κ3) is 4.97. The fourth-order valence-corrected chi connectivity index (χ4v) is 1.27. The summed E-state index contributed by atoms with van der Waals surface area (Å²) in [6.45, 7) is 1.38. The minimum absolute atomic E-state index is 0.180. The largest absolute Gasteiger partial charge is 0.480 e. The van der Waals surface area contributed by atoms with E-state index in [1.54, 1.807) is 7.05 Å². The van der Waals surface area contributed by atoms with Crippen molar-refractivity contribution in [3.63, 3.8) is 0 Å². The molecule has 0 heterocycles. The number of aliphatic carboxylic acids is 1. The van der Waals surface area contributed by atoms with Crippen LogP contribution in [0.4, 0.5) is 0 Å². The Kier molecular flexibility index (Phi) is 5.48. The number of nitrogens with one attached hydrogen (secondary N) is 2. The molecule has 0 aromatic carbocycles. The molecular weight excluding hydrogens is 180 g/mol. The van der Waals surface area contributed by atoms with E-state index in [0.717, 1.165) is 11.9 Å². The van der Waals surface area contributed by atoms with Gasteiger partial charge in [0.15, 0.2) is 0 Å². The van der Waals surface area contributed by atoms with Crippen molar-refractivity contribution < 1.29 is 14.7 Å². The van der Waals surface area contributed by atoms with Crippen LogP contribution in [0.3, 0.4) is 0 Å². The Labute approximate surface area is 75.0 Å². The van der Waals surface area contributed by atoms with Crippen LogP contribution >= 0.6 is 11.9 Å². The molecule has 5 nitrogen and oxygen atoms in total. The van der Waals surface area contributed by atoms with Crippen molar-refractivity contribution in [1.29, 1.82) is 0 Å². The Morgan fingerprint density at radius 2 is 2.17 bits per heavy atom. The van der Waals surface area contributed by atoms with Gasteiger partial charge in [0.1, 0.15) is 6.04 Å². The van der Waals surface area contributed by atoms with E-state index in [1.807, 2.05) is 0 Å². The van der Waals surface area contributed by atoms with Crippen molar-refractivity contribution in [2.45, 2.75) is 13.0 Å². The Morgan fingerprint density at radius 3 is 2.50 bits per heavy atom. The molecule has 0 fully saturated rings. The molecule has 0 aromatic rings. The monoisotopic (exact) mass is 192 g/mol. The molecule has 0 bridgehead atoms. The zero-order valence-electron chi connectivity index (χ0n) is 6.96. The lowest BCUT2D eigenvalue weighted by Gasteiger charge is -2.09. The number of amides is 1. The smallest absolute Gasteiger partial charge is 0.321 e.